The highest BCUT2D eigenvalue weighted by molar-refractivity contribution is 7.80. The van der Waals surface area contributed by atoms with Crippen molar-refractivity contribution in [2.24, 2.45) is 5.73 Å². The molecule has 7 heteroatoms. The van der Waals surface area contributed by atoms with E-state index in [1.54, 1.807) is 0 Å². The monoisotopic (exact) mass is 306 g/mol. The van der Waals surface area contributed by atoms with Gasteiger partial charge in [-0.05, 0) is 30.3 Å². The molecule has 0 aromatic heterocycles. The molecule has 108 valence electrons. The minimum absolute atomic E-state index is 0.0659. The van der Waals surface area contributed by atoms with Crippen LogP contribution in [0.25, 0.3) is 0 Å². The third kappa shape index (κ3) is 3.09. The first kappa shape index (κ1) is 14.7. The summed E-state index contributed by atoms with van der Waals surface area (Å²) in [6, 6.07) is 7.60. The molecule has 0 fully saturated rings. The Morgan fingerprint density at radius 2 is 1.90 bits per heavy atom. The second-order valence-electron chi connectivity index (χ2n) is 4.18. The quantitative estimate of drug-likeness (QED) is 0.514. The standard InChI is InChI=1S/C14H11FN2O3S/c15-8-2-1-3-9(12(8)13(16)21)17-14(20)7-4-5-10(18)11(19)6-7/h1-6,18-19H,(H2,16,21)(H,17,20). The molecule has 0 atom stereocenters. The van der Waals surface area contributed by atoms with Crippen molar-refractivity contribution in [1.82, 2.24) is 0 Å². The number of rotatable bonds is 3. The zero-order valence-electron chi connectivity index (χ0n) is 10.6. The average molecular weight is 306 g/mol. The number of hydrogen-bond acceptors (Lipinski definition) is 4. The van der Waals surface area contributed by atoms with Gasteiger partial charge in [0.1, 0.15) is 10.8 Å². The summed E-state index contributed by atoms with van der Waals surface area (Å²) >= 11 is 4.76. The van der Waals surface area contributed by atoms with Crippen molar-refractivity contribution in [3.8, 4) is 11.5 Å². The van der Waals surface area contributed by atoms with Gasteiger partial charge in [0.15, 0.2) is 11.5 Å². The van der Waals surface area contributed by atoms with Crippen LogP contribution < -0.4 is 11.1 Å². The van der Waals surface area contributed by atoms with Crippen LogP contribution in [-0.2, 0) is 0 Å². The maximum Gasteiger partial charge on any atom is 0.255 e. The predicted octanol–water partition coefficient (Wildman–Crippen LogP) is 2.12. The Bertz CT molecular complexity index is 734. The van der Waals surface area contributed by atoms with E-state index in [0.29, 0.717) is 0 Å². The number of nitrogens with two attached hydrogens (primary N) is 1. The molecule has 0 unspecified atom stereocenters. The van der Waals surface area contributed by atoms with Gasteiger partial charge in [-0.25, -0.2) is 4.39 Å². The van der Waals surface area contributed by atoms with Crippen molar-refractivity contribution in [2.75, 3.05) is 5.32 Å². The number of phenolic OH excluding ortho intramolecular Hbond substituents is 2. The number of halogens is 1. The first-order chi connectivity index (χ1) is 9.90. The Labute approximate surface area is 124 Å². The Balaban J connectivity index is 2.34. The lowest BCUT2D eigenvalue weighted by Crippen LogP contribution is -2.19. The number of carbonyl (C=O) groups excluding carboxylic acids is 1. The molecule has 0 spiro atoms. The minimum atomic E-state index is -0.645. The van der Waals surface area contributed by atoms with Gasteiger partial charge in [-0.15, -0.1) is 0 Å². The summed E-state index contributed by atoms with van der Waals surface area (Å²) in [7, 11) is 0. The highest BCUT2D eigenvalue weighted by Gasteiger charge is 2.15. The van der Waals surface area contributed by atoms with Crippen LogP contribution >= 0.6 is 12.2 Å². The molecule has 2 rings (SSSR count). The number of benzene rings is 2. The van der Waals surface area contributed by atoms with E-state index in [1.807, 2.05) is 0 Å². The van der Waals surface area contributed by atoms with Crippen LogP contribution in [0.2, 0.25) is 0 Å². The van der Waals surface area contributed by atoms with Crippen LogP contribution in [0.3, 0.4) is 0 Å². The zero-order chi connectivity index (χ0) is 15.6. The van der Waals surface area contributed by atoms with Crippen LogP contribution in [0.1, 0.15) is 15.9 Å². The minimum Gasteiger partial charge on any atom is -0.504 e. The van der Waals surface area contributed by atoms with Crippen LogP contribution in [0.5, 0.6) is 11.5 Å². The summed E-state index contributed by atoms with van der Waals surface area (Å²) in [6.07, 6.45) is 0. The third-order valence-corrected chi connectivity index (χ3v) is 2.95. The van der Waals surface area contributed by atoms with Crippen molar-refractivity contribution in [3.05, 3.63) is 53.3 Å². The smallest absolute Gasteiger partial charge is 0.255 e. The van der Waals surface area contributed by atoms with E-state index in [9.17, 15) is 19.4 Å². The second kappa shape index (κ2) is 5.76. The van der Waals surface area contributed by atoms with Gasteiger partial charge in [-0.1, -0.05) is 18.3 Å². The average Bonchev–Trinajstić information content (AvgIpc) is 2.41. The molecule has 5 N–H and O–H groups in total. The van der Waals surface area contributed by atoms with Gasteiger partial charge in [0, 0.05) is 5.56 Å². The van der Waals surface area contributed by atoms with Crippen LogP contribution in [0, 0.1) is 5.82 Å². The van der Waals surface area contributed by atoms with Gasteiger partial charge in [0.05, 0.1) is 11.3 Å². The van der Waals surface area contributed by atoms with Crippen LogP contribution in [0.15, 0.2) is 36.4 Å². The Morgan fingerprint density at radius 1 is 1.19 bits per heavy atom. The Hall–Kier alpha value is -2.67. The molecular formula is C14H11FN2O3S. The molecule has 2 aromatic rings. The third-order valence-electron chi connectivity index (χ3n) is 2.75. The molecule has 1 amide bonds. The Kier molecular flexibility index (Phi) is 4.04. The van der Waals surface area contributed by atoms with E-state index in [-0.39, 0.29) is 27.6 Å². The first-order valence-electron chi connectivity index (χ1n) is 5.82. The molecular weight excluding hydrogens is 295 g/mol. The molecule has 21 heavy (non-hydrogen) atoms. The molecule has 0 aliphatic carbocycles. The molecule has 0 heterocycles. The molecule has 5 nitrogen and oxygen atoms in total. The van der Waals surface area contributed by atoms with E-state index in [2.05, 4.69) is 5.32 Å². The van der Waals surface area contributed by atoms with Gasteiger partial charge in [-0.3, -0.25) is 4.79 Å². The topological polar surface area (TPSA) is 95.6 Å². The second-order valence-corrected chi connectivity index (χ2v) is 4.62. The molecule has 0 saturated carbocycles. The molecule has 0 saturated heterocycles. The van der Waals surface area contributed by atoms with Crippen molar-refractivity contribution < 1.29 is 19.4 Å². The van der Waals surface area contributed by atoms with Gasteiger partial charge in [0.25, 0.3) is 5.91 Å². The maximum atomic E-state index is 13.7. The lowest BCUT2D eigenvalue weighted by molar-refractivity contribution is 0.102. The number of amides is 1. The summed E-state index contributed by atoms with van der Waals surface area (Å²) in [6.45, 7) is 0. The zero-order valence-corrected chi connectivity index (χ0v) is 11.4. The molecule has 2 aromatic carbocycles. The number of carbonyl (C=O) groups is 1. The number of nitrogens with one attached hydrogen (secondary N) is 1. The highest BCUT2D eigenvalue weighted by Crippen LogP contribution is 2.26. The molecule has 0 aliphatic heterocycles. The molecule has 0 aliphatic rings. The summed E-state index contributed by atoms with van der Waals surface area (Å²) < 4.78 is 13.7. The van der Waals surface area contributed by atoms with Crippen molar-refractivity contribution in [1.29, 1.82) is 0 Å². The van der Waals surface area contributed by atoms with Crippen molar-refractivity contribution >= 4 is 28.8 Å². The van der Waals surface area contributed by atoms with E-state index in [1.165, 1.54) is 30.3 Å². The van der Waals surface area contributed by atoms with Crippen LogP contribution in [-0.4, -0.2) is 21.1 Å². The fraction of sp³-hybridized carbons (Fsp3) is 0. The van der Waals surface area contributed by atoms with Gasteiger partial charge >= 0.3 is 0 Å². The van der Waals surface area contributed by atoms with E-state index in [0.717, 1.165) is 6.07 Å². The fourth-order valence-corrected chi connectivity index (χ4v) is 1.95. The molecule has 0 bridgehead atoms. The van der Waals surface area contributed by atoms with E-state index < -0.39 is 17.5 Å². The fourth-order valence-electron chi connectivity index (χ4n) is 1.74. The van der Waals surface area contributed by atoms with Gasteiger partial charge < -0.3 is 21.3 Å². The summed E-state index contributed by atoms with van der Waals surface area (Å²) in [5.41, 5.74) is 5.59. The number of thiocarbonyl (C=S) groups is 1. The number of phenols is 2. The summed E-state index contributed by atoms with van der Waals surface area (Å²) in [5.74, 6) is -2.03. The number of hydrogen-bond donors (Lipinski definition) is 4. The predicted molar refractivity (Wildman–Crippen MR) is 80.0 cm³/mol. The first-order valence-corrected chi connectivity index (χ1v) is 6.22. The lowest BCUT2D eigenvalue weighted by Gasteiger charge is -2.11. The van der Waals surface area contributed by atoms with E-state index in [4.69, 9.17) is 18.0 Å². The molecule has 0 radical (unpaired) electrons. The Morgan fingerprint density at radius 3 is 2.52 bits per heavy atom. The van der Waals surface area contributed by atoms with Crippen LogP contribution in [0.4, 0.5) is 10.1 Å². The highest BCUT2D eigenvalue weighted by atomic mass is 32.1. The SMILES string of the molecule is NC(=S)c1c(F)cccc1NC(=O)c1ccc(O)c(O)c1. The van der Waals surface area contributed by atoms with Gasteiger partial charge in [0.2, 0.25) is 0 Å². The maximum absolute atomic E-state index is 13.7. The lowest BCUT2D eigenvalue weighted by atomic mass is 10.1. The summed E-state index contributed by atoms with van der Waals surface area (Å²) in [4.78, 5) is 11.9. The largest absolute Gasteiger partial charge is 0.504 e. The number of aromatic hydroxyl groups is 2. The number of anilines is 1. The van der Waals surface area contributed by atoms with Gasteiger partial charge in [-0.2, -0.15) is 0 Å². The van der Waals surface area contributed by atoms with Crippen molar-refractivity contribution in [3.63, 3.8) is 0 Å². The van der Waals surface area contributed by atoms with E-state index >= 15 is 0 Å². The summed E-state index contributed by atoms with van der Waals surface area (Å²) in [5, 5.41) is 21.0. The van der Waals surface area contributed by atoms with Crippen molar-refractivity contribution in [2.45, 2.75) is 0 Å². The normalized spacial score (nSPS) is 10.1.